The third kappa shape index (κ3) is 2.89. The van der Waals surface area contributed by atoms with Gasteiger partial charge in [-0.25, -0.2) is 17.5 Å². The smallest absolute Gasteiger partial charge is 0.331 e. The zero-order chi connectivity index (χ0) is 13.1. The van der Waals surface area contributed by atoms with Crippen LogP contribution < -0.4 is 5.32 Å². The molecular formula is C10H13ClN2O3S. The first-order valence-electron chi connectivity index (χ1n) is 4.93. The van der Waals surface area contributed by atoms with E-state index in [1.54, 1.807) is 6.92 Å². The highest BCUT2D eigenvalue weighted by molar-refractivity contribution is 7.89. The fraction of sp³-hybridized carbons (Fsp3) is 0.300. The molecule has 5 nitrogen and oxygen atoms in total. The van der Waals surface area contributed by atoms with E-state index in [2.05, 4.69) is 5.32 Å². The summed E-state index contributed by atoms with van der Waals surface area (Å²) < 4.78 is 25.0. The van der Waals surface area contributed by atoms with E-state index in [4.69, 9.17) is 11.6 Å². The third-order valence-electron chi connectivity index (χ3n) is 2.13. The Hall–Kier alpha value is -1.27. The monoisotopic (exact) mass is 276 g/mol. The molecule has 1 aromatic rings. The van der Waals surface area contributed by atoms with E-state index in [9.17, 15) is 13.2 Å². The lowest BCUT2D eigenvalue weighted by molar-refractivity contribution is 0.226. The molecule has 1 aromatic carbocycles. The van der Waals surface area contributed by atoms with E-state index in [1.165, 1.54) is 31.3 Å². The van der Waals surface area contributed by atoms with Crippen molar-refractivity contribution in [2.24, 2.45) is 0 Å². The van der Waals surface area contributed by atoms with Gasteiger partial charge in [0, 0.05) is 18.6 Å². The van der Waals surface area contributed by atoms with Gasteiger partial charge < -0.3 is 5.32 Å². The first kappa shape index (κ1) is 13.8. The van der Waals surface area contributed by atoms with Crippen LogP contribution in [-0.4, -0.2) is 32.3 Å². The maximum Gasteiger partial charge on any atom is 0.331 e. The fourth-order valence-corrected chi connectivity index (χ4v) is 2.79. The highest BCUT2D eigenvalue weighted by Gasteiger charge is 2.26. The van der Waals surface area contributed by atoms with Gasteiger partial charge in [0.05, 0.1) is 4.90 Å². The lowest BCUT2D eigenvalue weighted by Gasteiger charge is -2.20. The van der Waals surface area contributed by atoms with Crippen LogP contribution in [0.1, 0.15) is 6.92 Å². The van der Waals surface area contributed by atoms with Crippen molar-refractivity contribution in [1.82, 2.24) is 9.62 Å². The molecule has 0 fully saturated rings. The van der Waals surface area contributed by atoms with E-state index in [0.29, 0.717) is 5.02 Å². The lowest BCUT2D eigenvalue weighted by Crippen LogP contribution is -2.42. The van der Waals surface area contributed by atoms with Crippen LogP contribution in [0.2, 0.25) is 5.02 Å². The molecule has 0 aromatic heterocycles. The van der Waals surface area contributed by atoms with Crippen molar-refractivity contribution in [3.8, 4) is 0 Å². The minimum atomic E-state index is -3.82. The van der Waals surface area contributed by atoms with Crippen molar-refractivity contribution >= 4 is 27.7 Å². The number of nitrogens with one attached hydrogen (secondary N) is 1. The summed E-state index contributed by atoms with van der Waals surface area (Å²) in [7, 11) is -2.44. The van der Waals surface area contributed by atoms with Crippen molar-refractivity contribution < 1.29 is 13.2 Å². The summed E-state index contributed by atoms with van der Waals surface area (Å²) in [5, 5.41) is 2.72. The largest absolute Gasteiger partial charge is 0.340 e. The Kier molecular flexibility index (Phi) is 4.36. The second-order valence-electron chi connectivity index (χ2n) is 3.18. The number of amides is 2. The van der Waals surface area contributed by atoms with Gasteiger partial charge >= 0.3 is 6.03 Å². The average molecular weight is 277 g/mol. The van der Waals surface area contributed by atoms with Crippen LogP contribution in [0.5, 0.6) is 0 Å². The number of urea groups is 1. The Morgan fingerprint density at radius 3 is 2.29 bits per heavy atom. The molecule has 0 aliphatic rings. The average Bonchev–Trinajstić information content (AvgIpc) is 2.29. The minimum Gasteiger partial charge on any atom is -0.340 e. The number of hydrogen-bond donors (Lipinski definition) is 1. The standard InChI is InChI=1S/C10H13ClN2O3S/c1-3-13(10(14)12-2)17(15,16)9-6-4-8(11)5-7-9/h4-7H,3H2,1-2H3,(H,12,14). The van der Waals surface area contributed by atoms with Crippen molar-refractivity contribution in [3.63, 3.8) is 0 Å². The minimum absolute atomic E-state index is 0.0346. The molecule has 0 saturated heterocycles. The predicted octanol–water partition coefficient (Wildman–Crippen LogP) is 1.69. The van der Waals surface area contributed by atoms with Crippen molar-refractivity contribution in [3.05, 3.63) is 29.3 Å². The first-order valence-corrected chi connectivity index (χ1v) is 6.75. The summed E-state index contributed by atoms with van der Waals surface area (Å²) in [6, 6.07) is 4.99. The highest BCUT2D eigenvalue weighted by atomic mass is 35.5. The molecule has 1 rings (SSSR count). The van der Waals surface area contributed by atoms with Gasteiger partial charge in [0.2, 0.25) is 0 Å². The zero-order valence-electron chi connectivity index (χ0n) is 9.47. The van der Waals surface area contributed by atoms with E-state index >= 15 is 0 Å². The molecule has 0 bridgehead atoms. The van der Waals surface area contributed by atoms with Crippen molar-refractivity contribution in [2.45, 2.75) is 11.8 Å². The van der Waals surface area contributed by atoms with Gasteiger partial charge in [0.25, 0.3) is 10.0 Å². The number of hydrogen-bond acceptors (Lipinski definition) is 3. The molecule has 0 aliphatic carbocycles. The Morgan fingerprint density at radius 1 is 1.35 bits per heavy atom. The Labute approximate surface area is 105 Å². The van der Waals surface area contributed by atoms with Gasteiger partial charge in [0.15, 0.2) is 0 Å². The Bertz CT molecular complexity index is 499. The van der Waals surface area contributed by atoms with E-state index < -0.39 is 16.1 Å². The molecular weight excluding hydrogens is 264 g/mol. The second kappa shape index (κ2) is 5.37. The first-order chi connectivity index (χ1) is 7.93. The van der Waals surface area contributed by atoms with Crippen LogP contribution in [0.4, 0.5) is 4.79 Å². The maximum atomic E-state index is 12.1. The Morgan fingerprint density at radius 2 is 1.88 bits per heavy atom. The van der Waals surface area contributed by atoms with Gasteiger partial charge in [0.1, 0.15) is 0 Å². The number of nitrogens with zero attached hydrogens (tertiary/aromatic N) is 1. The normalized spacial score (nSPS) is 11.0. The summed E-state index contributed by atoms with van der Waals surface area (Å²) in [6.07, 6.45) is 0. The molecule has 0 unspecified atom stereocenters. The number of rotatable bonds is 3. The molecule has 0 atom stereocenters. The van der Waals surface area contributed by atoms with Crippen LogP contribution in [0.25, 0.3) is 0 Å². The van der Waals surface area contributed by atoms with Crippen LogP contribution in [0, 0.1) is 0 Å². The van der Waals surface area contributed by atoms with E-state index in [0.717, 1.165) is 4.31 Å². The molecule has 0 heterocycles. The molecule has 94 valence electrons. The van der Waals surface area contributed by atoms with Crippen molar-refractivity contribution in [1.29, 1.82) is 0 Å². The topological polar surface area (TPSA) is 66.5 Å². The van der Waals surface area contributed by atoms with E-state index in [1.807, 2.05) is 0 Å². The Balaban J connectivity index is 3.17. The number of halogens is 1. The summed E-state index contributed by atoms with van der Waals surface area (Å²) in [6.45, 7) is 1.65. The van der Waals surface area contributed by atoms with E-state index in [-0.39, 0.29) is 11.4 Å². The van der Waals surface area contributed by atoms with Gasteiger partial charge in [-0.2, -0.15) is 0 Å². The quantitative estimate of drug-likeness (QED) is 0.914. The SMILES string of the molecule is CCN(C(=O)NC)S(=O)(=O)c1ccc(Cl)cc1. The third-order valence-corrected chi connectivity index (χ3v) is 4.25. The molecule has 0 saturated carbocycles. The van der Waals surface area contributed by atoms with Gasteiger partial charge in [-0.3, -0.25) is 0 Å². The lowest BCUT2D eigenvalue weighted by atomic mass is 10.4. The molecule has 0 spiro atoms. The number of benzene rings is 1. The van der Waals surface area contributed by atoms with Crippen LogP contribution in [0.3, 0.4) is 0 Å². The summed E-state index contributed by atoms with van der Waals surface area (Å²) in [5.41, 5.74) is 0. The molecule has 0 radical (unpaired) electrons. The van der Waals surface area contributed by atoms with Crippen molar-refractivity contribution in [2.75, 3.05) is 13.6 Å². The highest BCUT2D eigenvalue weighted by Crippen LogP contribution is 2.18. The molecule has 7 heteroatoms. The summed E-state index contributed by atoms with van der Waals surface area (Å²) in [5.74, 6) is 0. The maximum absolute atomic E-state index is 12.1. The second-order valence-corrected chi connectivity index (χ2v) is 5.48. The zero-order valence-corrected chi connectivity index (χ0v) is 11.0. The fourth-order valence-electron chi connectivity index (χ4n) is 1.28. The number of sulfonamides is 1. The molecule has 17 heavy (non-hydrogen) atoms. The summed E-state index contributed by atoms with van der Waals surface area (Å²) >= 11 is 5.68. The number of carbonyl (C=O) groups excluding carboxylic acids is 1. The van der Waals surface area contributed by atoms with Gasteiger partial charge in [-0.15, -0.1) is 0 Å². The van der Waals surface area contributed by atoms with Crippen LogP contribution >= 0.6 is 11.6 Å². The summed E-state index contributed by atoms with van der Waals surface area (Å²) in [4.78, 5) is 11.5. The molecule has 0 aliphatic heterocycles. The van der Waals surface area contributed by atoms with Gasteiger partial charge in [-0.05, 0) is 31.2 Å². The van der Waals surface area contributed by atoms with Crippen LogP contribution in [-0.2, 0) is 10.0 Å². The number of carbonyl (C=O) groups is 1. The molecule has 1 N–H and O–H groups in total. The van der Waals surface area contributed by atoms with Gasteiger partial charge in [-0.1, -0.05) is 11.6 Å². The molecule has 2 amide bonds. The predicted molar refractivity (Wildman–Crippen MR) is 65.5 cm³/mol. The van der Waals surface area contributed by atoms with Crippen LogP contribution in [0.15, 0.2) is 29.2 Å².